The summed E-state index contributed by atoms with van der Waals surface area (Å²) in [6, 6.07) is 4.55. The summed E-state index contributed by atoms with van der Waals surface area (Å²) in [5.74, 6) is -1.07. The number of halogens is 2. The Morgan fingerprint density at radius 2 is 1.50 bits per heavy atom. The molecule has 0 aliphatic heterocycles. The van der Waals surface area contributed by atoms with Crippen LogP contribution in [0.25, 0.3) is 0 Å². The molecular formula is C6H4F2OZn. The van der Waals surface area contributed by atoms with Crippen LogP contribution in [0.5, 0.6) is 0 Å². The van der Waals surface area contributed by atoms with Crippen molar-refractivity contribution in [3.63, 3.8) is 0 Å². The predicted octanol–water partition coefficient (Wildman–Crippen LogP) is 1.84. The summed E-state index contributed by atoms with van der Waals surface area (Å²) in [4.78, 5) is 0. The molecule has 0 aliphatic rings. The van der Waals surface area contributed by atoms with Crippen LogP contribution < -0.4 is 0 Å². The van der Waals surface area contributed by atoms with Gasteiger partial charge in [-0.1, -0.05) is 6.07 Å². The van der Waals surface area contributed by atoms with E-state index in [4.69, 9.17) is 3.57 Å². The van der Waals surface area contributed by atoms with Crippen molar-refractivity contribution in [1.82, 2.24) is 0 Å². The minimum absolute atomic E-state index is 0.125. The summed E-state index contributed by atoms with van der Waals surface area (Å²) >= 11 is 0.125. The maximum atomic E-state index is 11.9. The Balaban J connectivity index is 0.000000371. The van der Waals surface area contributed by atoms with E-state index in [1.807, 2.05) is 0 Å². The van der Waals surface area contributed by atoms with Gasteiger partial charge >= 0.3 is 21.8 Å². The molecule has 0 N–H and O–H groups in total. The van der Waals surface area contributed by atoms with Crippen molar-refractivity contribution >= 4 is 0 Å². The van der Waals surface area contributed by atoms with E-state index in [1.54, 1.807) is 0 Å². The van der Waals surface area contributed by atoms with Crippen molar-refractivity contribution in [2.45, 2.75) is 0 Å². The first-order valence-corrected chi connectivity index (χ1v) is 3.70. The molecule has 0 aromatic heterocycles. The van der Waals surface area contributed by atoms with Crippen LogP contribution in [0.1, 0.15) is 0 Å². The van der Waals surface area contributed by atoms with Gasteiger partial charge in [-0.3, -0.25) is 0 Å². The van der Waals surface area contributed by atoms with Crippen LogP contribution in [0.4, 0.5) is 8.78 Å². The van der Waals surface area contributed by atoms with Crippen molar-refractivity contribution in [3.8, 4) is 0 Å². The predicted molar refractivity (Wildman–Crippen MR) is 27.0 cm³/mol. The Bertz CT molecular complexity index is 187. The van der Waals surface area contributed by atoms with Gasteiger partial charge in [0.15, 0.2) is 0 Å². The second-order valence-corrected chi connectivity index (χ2v) is 1.44. The van der Waals surface area contributed by atoms with Crippen molar-refractivity contribution in [3.05, 3.63) is 35.9 Å². The summed E-state index contributed by atoms with van der Waals surface area (Å²) in [6.07, 6.45) is 0. The third-order valence-corrected chi connectivity index (χ3v) is 0.787. The Morgan fingerprint density at radius 3 is 1.70 bits per heavy atom. The Labute approximate surface area is 67.0 Å². The van der Waals surface area contributed by atoms with Crippen molar-refractivity contribution < 1.29 is 30.6 Å². The molecule has 50 valence electrons. The molecule has 0 saturated heterocycles. The van der Waals surface area contributed by atoms with Crippen LogP contribution in [0.15, 0.2) is 24.3 Å². The van der Waals surface area contributed by atoms with Gasteiger partial charge in [0, 0.05) is 6.07 Å². The molecule has 1 nitrogen and oxygen atoms in total. The average Bonchev–Trinajstić information content (AvgIpc) is 1.91. The van der Waals surface area contributed by atoms with E-state index >= 15 is 0 Å². The van der Waals surface area contributed by atoms with Crippen LogP contribution in [0, 0.1) is 11.6 Å². The monoisotopic (exact) mass is 194 g/mol. The van der Waals surface area contributed by atoms with E-state index in [0.29, 0.717) is 0 Å². The molecule has 10 heavy (non-hydrogen) atoms. The van der Waals surface area contributed by atoms with Crippen LogP contribution in [0.2, 0.25) is 0 Å². The van der Waals surface area contributed by atoms with Gasteiger partial charge in [-0.25, -0.2) is 8.78 Å². The molecule has 1 aromatic rings. The zero-order chi connectivity index (χ0) is 7.98. The second-order valence-electron chi connectivity index (χ2n) is 1.44. The fourth-order valence-electron chi connectivity index (χ4n) is 0.460. The first-order chi connectivity index (χ1) is 4.79. The second kappa shape index (κ2) is 5.30. The molecule has 0 radical (unpaired) electrons. The van der Waals surface area contributed by atoms with Gasteiger partial charge in [0.1, 0.15) is 11.6 Å². The molecule has 0 aliphatic carbocycles. The fraction of sp³-hybridized carbons (Fsp3) is 0. The molecule has 0 bridgehead atoms. The zero-order valence-corrected chi connectivity index (χ0v) is 8.15. The van der Waals surface area contributed by atoms with Crippen molar-refractivity contribution in [2.75, 3.05) is 0 Å². The van der Waals surface area contributed by atoms with Crippen LogP contribution in [-0.2, 0) is 21.8 Å². The first kappa shape index (κ1) is 9.50. The third-order valence-electron chi connectivity index (χ3n) is 0.787. The zero-order valence-electron chi connectivity index (χ0n) is 5.18. The Morgan fingerprint density at radius 1 is 1.10 bits per heavy atom. The molecule has 0 saturated carbocycles. The average molecular weight is 195 g/mol. The van der Waals surface area contributed by atoms with E-state index in [-0.39, 0.29) is 18.3 Å². The summed E-state index contributed by atoms with van der Waals surface area (Å²) in [6.45, 7) is 0. The van der Waals surface area contributed by atoms with Crippen LogP contribution in [-0.4, -0.2) is 0 Å². The van der Waals surface area contributed by atoms with Crippen LogP contribution in [0.3, 0.4) is 0 Å². The van der Waals surface area contributed by atoms with Gasteiger partial charge < -0.3 is 0 Å². The molecule has 0 spiro atoms. The normalized spacial score (nSPS) is 8.00. The van der Waals surface area contributed by atoms with Gasteiger partial charge in [-0.2, -0.15) is 0 Å². The SMILES string of the molecule is Fc1cccc(F)c1.[O]=[Zn]. The quantitative estimate of drug-likeness (QED) is 0.578. The van der Waals surface area contributed by atoms with Gasteiger partial charge in [0.2, 0.25) is 0 Å². The molecule has 0 fully saturated rings. The van der Waals surface area contributed by atoms with Gasteiger partial charge in [-0.15, -0.1) is 0 Å². The van der Waals surface area contributed by atoms with Crippen molar-refractivity contribution in [2.24, 2.45) is 0 Å². The number of benzene rings is 1. The standard InChI is InChI=1S/C6H4F2.O.Zn/c7-5-2-1-3-6(8)4-5;;/h1-4H;;. The molecule has 0 heterocycles. The first-order valence-electron chi connectivity index (χ1n) is 2.49. The van der Waals surface area contributed by atoms with Gasteiger partial charge in [-0.05, 0) is 12.1 Å². The van der Waals surface area contributed by atoms with Gasteiger partial charge in [0.25, 0.3) is 0 Å². The summed E-state index contributed by atoms with van der Waals surface area (Å²) < 4.78 is 32.2. The number of hydrogen-bond donors (Lipinski definition) is 0. The third kappa shape index (κ3) is 3.51. The molecule has 1 aromatic carbocycles. The summed E-state index contributed by atoms with van der Waals surface area (Å²) in [5.41, 5.74) is 0. The molecule has 0 amide bonds. The Hall–Kier alpha value is -0.497. The van der Waals surface area contributed by atoms with E-state index in [1.165, 1.54) is 18.2 Å². The number of rotatable bonds is 0. The molecular weight excluding hydrogens is 191 g/mol. The maximum absolute atomic E-state index is 11.9. The molecule has 1 rings (SSSR count). The summed E-state index contributed by atoms with van der Waals surface area (Å²) in [5, 5.41) is 0. The fourth-order valence-corrected chi connectivity index (χ4v) is 0.460. The Kier molecular flexibility index (Phi) is 5.04. The topological polar surface area (TPSA) is 17.1 Å². The van der Waals surface area contributed by atoms with E-state index < -0.39 is 11.6 Å². The molecule has 4 heteroatoms. The molecule has 0 unspecified atom stereocenters. The van der Waals surface area contributed by atoms with Crippen molar-refractivity contribution in [1.29, 1.82) is 0 Å². The number of hydrogen-bond acceptors (Lipinski definition) is 1. The van der Waals surface area contributed by atoms with Gasteiger partial charge in [0.05, 0.1) is 0 Å². The summed E-state index contributed by atoms with van der Waals surface area (Å²) in [7, 11) is 0. The molecule has 0 atom stereocenters. The minimum atomic E-state index is -0.537. The van der Waals surface area contributed by atoms with E-state index in [0.717, 1.165) is 6.07 Å². The van der Waals surface area contributed by atoms with Crippen LogP contribution >= 0.6 is 0 Å². The van der Waals surface area contributed by atoms with E-state index in [2.05, 4.69) is 0 Å². The van der Waals surface area contributed by atoms with E-state index in [9.17, 15) is 8.78 Å².